The zero-order valence-electron chi connectivity index (χ0n) is 24.4. The number of carbonyl (C=O) groups excluding carboxylic acids is 1. The molecule has 0 aromatic rings. The van der Waals surface area contributed by atoms with E-state index in [1.807, 2.05) is 13.8 Å². The summed E-state index contributed by atoms with van der Waals surface area (Å²) in [5.74, 6) is 1.48. The summed E-state index contributed by atoms with van der Waals surface area (Å²) in [5, 5.41) is 10.9. The average molecular weight is 486 g/mol. The van der Waals surface area contributed by atoms with Crippen molar-refractivity contribution in [3.8, 4) is 0 Å². The Kier molecular flexibility index (Phi) is 6.48. The van der Waals surface area contributed by atoms with Crippen LogP contribution in [-0.2, 0) is 4.79 Å². The molecule has 4 saturated carbocycles. The third-order valence-electron chi connectivity index (χ3n) is 13.1. The zero-order chi connectivity index (χ0) is 26.2. The number of aliphatic hydroxyl groups is 1. The second-order valence-corrected chi connectivity index (χ2v) is 15.1. The summed E-state index contributed by atoms with van der Waals surface area (Å²) < 4.78 is 0. The van der Waals surface area contributed by atoms with Gasteiger partial charge in [0.25, 0.3) is 0 Å². The molecule has 0 saturated heterocycles. The molecular weight excluding hydrogens is 430 g/mol. The molecular formula is C32H55NO2. The SMILES string of the molecule is CC.CC1(C)CCC2(C(N)=O)CC[C@]3(C)C(=CCC4C5(C)CCC(O)C(C)(C)C5CCC43C)C2C1. The highest BCUT2D eigenvalue weighted by atomic mass is 16.3. The third kappa shape index (κ3) is 3.48. The van der Waals surface area contributed by atoms with E-state index in [0.29, 0.717) is 17.8 Å². The molecule has 0 aliphatic heterocycles. The summed E-state index contributed by atoms with van der Waals surface area (Å²) in [6.07, 6.45) is 13.3. The molecule has 3 N–H and O–H groups in total. The van der Waals surface area contributed by atoms with Crippen molar-refractivity contribution in [2.45, 2.75) is 133 Å². The van der Waals surface area contributed by atoms with Gasteiger partial charge in [0.1, 0.15) is 0 Å². The molecule has 0 bridgehead atoms. The van der Waals surface area contributed by atoms with Crippen LogP contribution in [0.4, 0.5) is 0 Å². The Balaban J connectivity index is 0.00000141. The van der Waals surface area contributed by atoms with E-state index in [2.05, 4.69) is 54.5 Å². The van der Waals surface area contributed by atoms with Crippen LogP contribution in [0.3, 0.4) is 0 Å². The molecule has 35 heavy (non-hydrogen) atoms. The number of nitrogens with two attached hydrogens (primary N) is 1. The number of allylic oxidation sites excluding steroid dienone is 2. The van der Waals surface area contributed by atoms with Gasteiger partial charge in [-0.2, -0.15) is 0 Å². The Morgan fingerprint density at radius 1 is 0.886 bits per heavy atom. The molecule has 5 aliphatic rings. The molecule has 200 valence electrons. The maximum Gasteiger partial charge on any atom is 0.224 e. The van der Waals surface area contributed by atoms with Gasteiger partial charge in [0.05, 0.1) is 11.5 Å². The number of hydrogen-bond acceptors (Lipinski definition) is 2. The third-order valence-corrected chi connectivity index (χ3v) is 13.1. The largest absolute Gasteiger partial charge is 0.393 e. The molecule has 5 rings (SSSR count). The predicted octanol–water partition coefficient (Wildman–Crippen LogP) is 7.66. The first kappa shape index (κ1) is 27.2. The van der Waals surface area contributed by atoms with Crippen molar-refractivity contribution in [1.82, 2.24) is 0 Å². The van der Waals surface area contributed by atoms with Gasteiger partial charge in [0, 0.05) is 0 Å². The first-order chi connectivity index (χ1) is 16.1. The summed E-state index contributed by atoms with van der Waals surface area (Å²) in [7, 11) is 0. The molecule has 1 amide bonds. The maximum atomic E-state index is 13.0. The highest BCUT2D eigenvalue weighted by molar-refractivity contribution is 5.82. The number of carbonyl (C=O) groups is 1. The van der Waals surface area contributed by atoms with Crippen LogP contribution in [0.1, 0.15) is 127 Å². The van der Waals surface area contributed by atoms with Crippen molar-refractivity contribution in [1.29, 1.82) is 0 Å². The lowest BCUT2D eigenvalue weighted by Crippen LogP contribution is -2.65. The van der Waals surface area contributed by atoms with Crippen molar-refractivity contribution in [3.63, 3.8) is 0 Å². The molecule has 0 spiro atoms. The van der Waals surface area contributed by atoms with Gasteiger partial charge in [-0.25, -0.2) is 0 Å². The second-order valence-electron chi connectivity index (χ2n) is 15.1. The molecule has 0 heterocycles. The quantitative estimate of drug-likeness (QED) is 0.374. The van der Waals surface area contributed by atoms with E-state index in [1.165, 1.54) is 12.8 Å². The van der Waals surface area contributed by atoms with Crippen molar-refractivity contribution in [3.05, 3.63) is 11.6 Å². The standard InChI is InChI=1S/C30H49NO2.C2H6/c1-25(2)14-16-30(24(31)33)17-15-28(6)19(20(30)18-25)8-9-22-27(5)12-11-23(32)26(3,4)21(27)10-13-29(22,28)7;1-2/h8,20-23,32H,9-18H2,1-7H3,(H2,31,33);1-2H3/t20?,21?,22?,23?,27?,28-,29?,30?;/m1./s1. The maximum absolute atomic E-state index is 13.0. The lowest BCUT2D eigenvalue weighted by atomic mass is 9.33. The molecule has 7 unspecified atom stereocenters. The fourth-order valence-corrected chi connectivity index (χ4v) is 10.7. The van der Waals surface area contributed by atoms with Gasteiger partial charge in [0.15, 0.2) is 0 Å². The summed E-state index contributed by atoms with van der Waals surface area (Å²) in [6.45, 7) is 21.1. The van der Waals surface area contributed by atoms with Crippen LogP contribution >= 0.6 is 0 Å². The first-order valence-electron chi connectivity index (χ1n) is 14.8. The van der Waals surface area contributed by atoms with E-state index >= 15 is 0 Å². The van der Waals surface area contributed by atoms with Crippen LogP contribution in [0, 0.1) is 50.2 Å². The Bertz CT molecular complexity index is 888. The van der Waals surface area contributed by atoms with Crippen LogP contribution in [-0.4, -0.2) is 17.1 Å². The van der Waals surface area contributed by atoms with E-state index in [4.69, 9.17) is 5.73 Å². The highest BCUT2D eigenvalue weighted by Gasteiger charge is 2.68. The lowest BCUT2D eigenvalue weighted by Gasteiger charge is -2.71. The number of fused-ring (bicyclic) bond motifs is 7. The molecule has 4 fully saturated rings. The Morgan fingerprint density at radius 3 is 2.14 bits per heavy atom. The van der Waals surface area contributed by atoms with Crippen LogP contribution in [0.5, 0.6) is 0 Å². The Morgan fingerprint density at radius 2 is 1.51 bits per heavy atom. The lowest BCUT2D eigenvalue weighted by molar-refractivity contribution is -0.203. The van der Waals surface area contributed by atoms with Gasteiger partial charge in [0.2, 0.25) is 5.91 Å². The minimum Gasteiger partial charge on any atom is -0.393 e. The van der Waals surface area contributed by atoms with E-state index in [1.54, 1.807) is 5.57 Å². The minimum atomic E-state index is -0.331. The molecule has 0 aromatic heterocycles. The zero-order valence-corrected chi connectivity index (χ0v) is 24.4. The van der Waals surface area contributed by atoms with Gasteiger partial charge >= 0.3 is 0 Å². The van der Waals surface area contributed by atoms with E-state index in [9.17, 15) is 9.90 Å². The number of rotatable bonds is 1. The van der Waals surface area contributed by atoms with Gasteiger partial charge in [-0.05, 0) is 109 Å². The van der Waals surface area contributed by atoms with Gasteiger partial charge < -0.3 is 10.8 Å². The van der Waals surface area contributed by atoms with E-state index in [0.717, 1.165) is 51.4 Å². The fraction of sp³-hybridized carbons (Fsp3) is 0.906. The number of aliphatic hydroxyl groups excluding tert-OH is 1. The van der Waals surface area contributed by atoms with E-state index < -0.39 is 0 Å². The van der Waals surface area contributed by atoms with Gasteiger partial charge in [-0.3, -0.25) is 4.79 Å². The summed E-state index contributed by atoms with van der Waals surface area (Å²) in [4.78, 5) is 13.0. The second kappa shape index (κ2) is 8.34. The molecule has 8 atom stereocenters. The Labute approximate surface area is 216 Å². The fourth-order valence-electron chi connectivity index (χ4n) is 10.7. The highest BCUT2D eigenvalue weighted by Crippen LogP contribution is 2.75. The van der Waals surface area contributed by atoms with Crippen molar-refractivity contribution in [2.75, 3.05) is 0 Å². The van der Waals surface area contributed by atoms with Crippen molar-refractivity contribution < 1.29 is 9.90 Å². The number of primary amides is 1. The average Bonchev–Trinajstić information content (AvgIpc) is 2.78. The predicted molar refractivity (Wildman–Crippen MR) is 146 cm³/mol. The summed E-state index contributed by atoms with van der Waals surface area (Å²) >= 11 is 0. The molecule has 0 aromatic carbocycles. The van der Waals surface area contributed by atoms with Crippen LogP contribution in [0.2, 0.25) is 0 Å². The monoisotopic (exact) mass is 485 g/mol. The minimum absolute atomic E-state index is 0.0136. The molecule has 5 aliphatic carbocycles. The van der Waals surface area contributed by atoms with Crippen molar-refractivity contribution in [2.24, 2.45) is 56.0 Å². The van der Waals surface area contributed by atoms with Crippen molar-refractivity contribution >= 4 is 5.91 Å². The topological polar surface area (TPSA) is 63.3 Å². The number of hydrogen-bond donors (Lipinski definition) is 2. The summed E-state index contributed by atoms with van der Waals surface area (Å²) in [6, 6.07) is 0. The van der Waals surface area contributed by atoms with Crippen LogP contribution in [0.25, 0.3) is 0 Å². The van der Waals surface area contributed by atoms with E-state index in [-0.39, 0.29) is 44.5 Å². The first-order valence-corrected chi connectivity index (χ1v) is 14.8. The molecule has 3 nitrogen and oxygen atoms in total. The summed E-state index contributed by atoms with van der Waals surface area (Å²) in [5.41, 5.74) is 8.36. The normalized spacial score (nSPS) is 49.6. The van der Waals surface area contributed by atoms with Gasteiger partial charge in [-0.15, -0.1) is 0 Å². The molecule has 3 heteroatoms. The van der Waals surface area contributed by atoms with Gasteiger partial charge in [-0.1, -0.05) is 74.0 Å². The Hall–Kier alpha value is -0.830. The van der Waals surface area contributed by atoms with Crippen LogP contribution < -0.4 is 5.73 Å². The number of amides is 1. The van der Waals surface area contributed by atoms with Crippen LogP contribution in [0.15, 0.2) is 11.6 Å². The smallest absolute Gasteiger partial charge is 0.224 e. The molecule has 0 radical (unpaired) electrons.